The summed E-state index contributed by atoms with van der Waals surface area (Å²) in [6.07, 6.45) is 1.20. The lowest BCUT2D eigenvalue weighted by molar-refractivity contribution is -0.0572. The minimum atomic E-state index is -0.780. The number of rotatable bonds is 3. The summed E-state index contributed by atoms with van der Waals surface area (Å²) in [7, 11) is 1.86. The molecule has 0 amide bonds. The van der Waals surface area contributed by atoms with E-state index in [4.69, 9.17) is 14.9 Å². The van der Waals surface area contributed by atoms with Crippen LogP contribution in [0, 0.1) is 0 Å². The van der Waals surface area contributed by atoms with Gasteiger partial charge in [0.1, 0.15) is 0 Å². The summed E-state index contributed by atoms with van der Waals surface area (Å²) < 4.78 is 10.3. The number of nitrogens with two attached hydrogens (primary N) is 1. The minimum Gasteiger partial charge on any atom is -0.408 e. The van der Waals surface area contributed by atoms with Crippen LogP contribution in [-0.4, -0.2) is 42.5 Å². The quantitative estimate of drug-likeness (QED) is 0.719. The van der Waals surface area contributed by atoms with Gasteiger partial charge in [-0.25, -0.2) is 4.79 Å². The van der Waals surface area contributed by atoms with Crippen molar-refractivity contribution in [3.63, 3.8) is 0 Å². The Kier molecular flexibility index (Phi) is 3.38. The Balaban J connectivity index is 1.88. The highest BCUT2D eigenvalue weighted by atomic mass is 16.5. The van der Waals surface area contributed by atoms with Crippen molar-refractivity contribution in [1.29, 1.82) is 0 Å². The topological polar surface area (TPSA) is 105 Å². The second kappa shape index (κ2) is 5.09. The number of benzene rings is 1. The van der Waals surface area contributed by atoms with Gasteiger partial charge in [0, 0.05) is 45.7 Å². The number of ether oxygens (including phenoxy) is 1. The van der Waals surface area contributed by atoms with Crippen molar-refractivity contribution in [1.82, 2.24) is 4.98 Å². The number of oxazole rings is 1. The van der Waals surface area contributed by atoms with E-state index < -0.39 is 11.4 Å². The molecule has 0 aliphatic carbocycles. The van der Waals surface area contributed by atoms with Crippen LogP contribution < -0.4 is 16.4 Å². The highest BCUT2D eigenvalue weighted by Crippen LogP contribution is 2.30. The van der Waals surface area contributed by atoms with Crippen molar-refractivity contribution < 1.29 is 14.3 Å². The van der Waals surface area contributed by atoms with Crippen molar-refractivity contribution in [2.24, 2.45) is 0 Å². The third kappa shape index (κ3) is 2.74. The number of nitrogen functional groups attached to an aromatic ring is 1. The number of hydrogen-bond acceptors (Lipinski definition) is 6. The molecule has 21 heavy (non-hydrogen) atoms. The van der Waals surface area contributed by atoms with E-state index in [1.807, 2.05) is 11.9 Å². The minimum absolute atomic E-state index is 0.430. The summed E-state index contributed by atoms with van der Waals surface area (Å²) in [6.45, 7) is 1.58. The van der Waals surface area contributed by atoms with Crippen LogP contribution in [0.3, 0.4) is 0 Å². The van der Waals surface area contributed by atoms with Crippen LogP contribution >= 0.6 is 0 Å². The van der Waals surface area contributed by atoms with Gasteiger partial charge in [-0.15, -0.1) is 0 Å². The number of nitrogens with one attached hydrogen (secondary N) is 1. The molecule has 1 aliphatic rings. The van der Waals surface area contributed by atoms with Gasteiger partial charge in [0.15, 0.2) is 5.58 Å². The van der Waals surface area contributed by atoms with Crippen LogP contribution in [-0.2, 0) is 4.74 Å². The van der Waals surface area contributed by atoms with E-state index in [1.165, 1.54) is 0 Å². The first-order valence-electron chi connectivity index (χ1n) is 6.90. The maximum absolute atomic E-state index is 11.2. The molecule has 0 atom stereocenters. The summed E-state index contributed by atoms with van der Waals surface area (Å²) in [6, 6.07) is 3.38. The summed E-state index contributed by atoms with van der Waals surface area (Å²) in [4.78, 5) is 15.7. The van der Waals surface area contributed by atoms with Gasteiger partial charge in [0.2, 0.25) is 0 Å². The summed E-state index contributed by atoms with van der Waals surface area (Å²) in [5, 5.41) is 10.6. The number of H-pyrrole nitrogens is 1. The molecule has 114 valence electrons. The largest absolute Gasteiger partial charge is 0.417 e. The number of aromatic nitrogens is 1. The van der Waals surface area contributed by atoms with Crippen molar-refractivity contribution in [3.05, 3.63) is 22.7 Å². The molecule has 7 nitrogen and oxygen atoms in total. The third-order valence-corrected chi connectivity index (χ3v) is 3.93. The molecule has 0 spiro atoms. The SMILES string of the molecule is CN(CC1(O)CCOCC1)c1cc2[nH]c(=O)oc2cc1N. The maximum Gasteiger partial charge on any atom is 0.417 e. The third-order valence-electron chi connectivity index (χ3n) is 3.93. The lowest BCUT2D eigenvalue weighted by Crippen LogP contribution is -2.45. The number of fused-ring (bicyclic) bond motifs is 1. The zero-order chi connectivity index (χ0) is 15.0. The smallest absolute Gasteiger partial charge is 0.408 e. The zero-order valence-electron chi connectivity index (χ0n) is 11.9. The first kappa shape index (κ1) is 14.0. The molecular weight excluding hydrogens is 274 g/mol. The molecule has 3 rings (SSSR count). The van der Waals surface area contributed by atoms with Crippen LogP contribution in [0.4, 0.5) is 11.4 Å². The van der Waals surface area contributed by atoms with Crippen molar-refractivity contribution >= 4 is 22.5 Å². The number of anilines is 2. The first-order valence-corrected chi connectivity index (χ1v) is 6.90. The average molecular weight is 293 g/mol. The Labute approximate surface area is 121 Å². The van der Waals surface area contributed by atoms with Crippen LogP contribution in [0.5, 0.6) is 0 Å². The molecule has 4 N–H and O–H groups in total. The molecule has 0 unspecified atom stereocenters. The van der Waals surface area contributed by atoms with E-state index >= 15 is 0 Å². The highest BCUT2D eigenvalue weighted by Gasteiger charge is 2.31. The molecule has 1 saturated heterocycles. The molecule has 0 saturated carbocycles. The van der Waals surface area contributed by atoms with Crippen LogP contribution in [0.2, 0.25) is 0 Å². The van der Waals surface area contributed by atoms with Crippen molar-refractivity contribution in [2.75, 3.05) is 37.4 Å². The van der Waals surface area contributed by atoms with Crippen molar-refractivity contribution in [2.45, 2.75) is 18.4 Å². The molecule has 0 bridgehead atoms. The number of hydrogen-bond donors (Lipinski definition) is 3. The molecule has 1 aromatic carbocycles. The van der Waals surface area contributed by atoms with Gasteiger partial charge in [0.05, 0.1) is 22.5 Å². The molecule has 2 heterocycles. The van der Waals surface area contributed by atoms with E-state index in [9.17, 15) is 9.90 Å². The standard InChI is InChI=1S/C14H19N3O4/c1-17(8-14(19)2-4-20-5-3-14)11-7-10-12(6-9(11)15)21-13(18)16-10/h6-7,19H,2-5,8,15H2,1H3,(H,16,18). The van der Waals surface area contributed by atoms with Crippen LogP contribution in [0.1, 0.15) is 12.8 Å². The molecule has 1 fully saturated rings. The Morgan fingerprint density at radius 2 is 2.14 bits per heavy atom. The number of likely N-dealkylation sites (N-methyl/N-ethyl adjacent to an activating group) is 1. The van der Waals surface area contributed by atoms with E-state index in [1.54, 1.807) is 12.1 Å². The van der Waals surface area contributed by atoms with Gasteiger partial charge in [0.25, 0.3) is 0 Å². The number of aromatic amines is 1. The Morgan fingerprint density at radius 1 is 1.43 bits per heavy atom. The van der Waals surface area contributed by atoms with E-state index in [-0.39, 0.29) is 0 Å². The highest BCUT2D eigenvalue weighted by molar-refractivity contribution is 5.85. The summed E-state index contributed by atoms with van der Waals surface area (Å²) in [5.74, 6) is -0.507. The van der Waals surface area contributed by atoms with Gasteiger partial charge in [-0.2, -0.15) is 0 Å². The van der Waals surface area contributed by atoms with Gasteiger partial charge in [-0.1, -0.05) is 0 Å². The molecule has 1 aromatic heterocycles. The second-order valence-corrected chi connectivity index (χ2v) is 5.61. The summed E-state index contributed by atoms with van der Waals surface area (Å²) in [5.41, 5.74) is 7.52. The Morgan fingerprint density at radius 3 is 2.86 bits per heavy atom. The Bertz CT molecular complexity index is 700. The van der Waals surface area contributed by atoms with E-state index in [2.05, 4.69) is 4.98 Å². The molecule has 0 radical (unpaired) electrons. The summed E-state index contributed by atoms with van der Waals surface area (Å²) >= 11 is 0. The monoisotopic (exact) mass is 293 g/mol. The first-order chi connectivity index (χ1) is 9.97. The number of nitrogens with zero attached hydrogens (tertiary/aromatic N) is 1. The van der Waals surface area contributed by atoms with Gasteiger partial charge < -0.3 is 24.9 Å². The van der Waals surface area contributed by atoms with E-state index in [0.29, 0.717) is 49.4 Å². The van der Waals surface area contributed by atoms with Gasteiger partial charge >= 0.3 is 5.76 Å². The molecular formula is C14H19N3O4. The lowest BCUT2D eigenvalue weighted by Gasteiger charge is -2.36. The Hall–Kier alpha value is -1.99. The molecule has 2 aromatic rings. The van der Waals surface area contributed by atoms with E-state index in [0.717, 1.165) is 5.69 Å². The van der Waals surface area contributed by atoms with Crippen LogP contribution in [0.25, 0.3) is 11.1 Å². The average Bonchev–Trinajstić information content (AvgIpc) is 2.77. The van der Waals surface area contributed by atoms with Gasteiger partial charge in [-0.3, -0.25) is 4.98 Å². The lowest BCUT2D eigenvalue weighted by atomic mass is 9.93. The zero-order valence-corrected chi connectivity index (χ0v) is 11.9. The molecule has 7 heteroatoms. The van der Waals surface area contributed by atoms with Crippen molar-refractivity contribution in [3.8, 4) is 0 Å². The van der Waals surface area contributed by atoms with Crippen LogP contribution in [0.15, 0.2) is 21.3 Å². The predicted octanol–water partition coefficient (Wildman–Crippen LogP) is 0.681. The molecule has 1 aliphatic heterocycles. The second-order valence-electron chi connectivity index (χ2n) is 5.61. The fraction of sp³-hybridized carbons (Fsp3) is 0.500. The predicted molar refractivity (Wildman–Crippen MR) is 79.5 cm³/mol. The normalized spacial score (nSPS) is 18.0. The van der Waals surface area contributed by atoms with Gasteiger partial charge in [-0.05, 0) is 6.07 Å². The fourth-order valence-electron chi connectivity index (χ4n) is 2.77. The number of aliphatic hydroxyl groups is 1. The fourth-order valence-corrected chi connectivity index (χ4v) is 2.77. The maximum atomic E-state index is 11.2.